The zero-order valence-electron chi connectivity index (χ0n) is 14.1. The number of hydrazine groups is 1. The number of benzene rings is 2. The van der Waals surface area contributed by atoms with Crippen LogP contribution in [0.2, 0.25) is 5.02 Å². The Hall–Kier alpha value is -2.57. The van der Waals surface area contributed by atoms with E-state index in [4.69, 9.17) is 27.0 Å². The average Bonchev–Trinajstić information content (AvgIpc) is 2.60. The van der Waals surface area contributed by atoms with Crippen molar-refractivity contribution in [1.29, 1.82) is 0 Å². The van der Waals surface area contributed by atoms with Gasteiger partial charge in [0, 0.05) is 17.5 Å². The number of hydrogen-bond acceptors (Lipinski definition) is 5. The maximum atomic E-state index is 10.9. The number of oxime groups is 1. The summed E-state index contributed by atoms with van der Waals surface area (Å²) in [6, 6.07) is 12.9. The van der Waals surface area contributed by atoms with Gasteiger partial charge in [0.15, 0.2) is 0 Å². The summed E-state index contributed by atoms with van der Waals surface area (Å²) >= 11 is 5.93. The number of rotatable bonds is 7. The van der Waals surface area contributed by atoms with E-state index in [-0.39, 0.29) is 6.61 Å². The lowest BCUT2D eigenvalue weighted by atomic mass is 10.1. The molecule has 0 radical (unpaired) electrons. The predicted molar refractivity (Wildman–Crippen MR) is 98.0 cm³/mol. The van der Waals surface area contributed by atoms with Gasteiger partial charge in [0.25, 0.3) is 0 Å². The highest BCUT2D eigenvalue weighted by Crippen LogP contribution is 2.22. The summed E-state index contributed by atoms with van der Waals surface area (Å²) in [6.45, 7) is 4.12. The molecule has 0 aromatic heterocycles. The van der Waals surface area contributed by atoms with Gasteiger partial charge in [-0.25, -0.2) is 5.84 Å². The first kappa shape index (κ1) is 18.8. The molecule has 25 heavy (non-hydrogen) atoms. The Morgan fingerprint density at radius 2 is 2.04 bits per heavy atom. The van der Waals surface area contributed by atoms with Crippen LogP contribution in [-0.2, 0) is 27.6 Å². The smallest absolute Gasteiger partial charge is 0.228 e. The van der Waals surface area contributed by atoms with Crippen molar-refractivity contribution in [1.82, 2.24) is 0 Å². The highest BCUT2D eigenvalue weighted by atomic mass is 35.5. The lowest BCUT2D eigenvalue weighted by molar-refractivity contribution is -0.107. The first-order chi connectivity index (χ1) is 12.0. The van der Waals surface area contributed by atoms with Crippen LogP contribution in [-0.4, -0.2) is 12.3 Å². The van der Waals surface area contributed by atoms with E-state index in [0.717, 1.165) is 21.7 Å². The quantitative estimate of drug-likeness (QED) is 0.204. The van der Waals surface area contributed by atoms with Crippen LogP contribution in [0.15, 0.2) is 47.6 Å². The third-order valence-corrected chi connectivity index (χ3v) is 3.75. The third kappa shape index (κ3) is 5.48. The van der Waals surface area contributed by atoms with Crippen molar-refractivity contribution in [2.75, 3.05) is 5.01 Å². The molecule has 2 aromatic rings. The van der Waals surface area contributed by atoms with E-state index in [0.29, 0.717) is 29.6 Å². The normalized spacial score (nSPS) is 11.1. The number of halogens is 1. The monoisotopic (exact) mass is 361 g/mol. The largest absolute Gasteiger partial charge is 0.474 e. The van der Waals surface area contributed by atoms with Crippen molar-refractivity contribution >= 4 is 29.6 Å². The molecule has 2 rings (SSSR count). The zero-order chi connectivity index (χ0) is 18.2. The van der Waals surface area contributed by atoms with E-state index in [9.17, 15) is 4.79 Å². The van der Waals surface area contributed by atoms with Gasteiger partial charge in [0.05, 0.1) is 5.69 Å². The number of nitrogens with zero attached hydrogens (tertiary/aromatic N) is 2. The van der Waals surface area contributed by atoms with Crippen molar-refractivity contribution in [3.8, 4) is 0 Å². The van der Waals surface area contributed by atoms with Gasteiger partial charge in [0.2, 0.25) is 12.3 Å². The maximum Gasteiger partial charge on any atom is 0.228 e. The fourth-order valence-electron chi connectivity index (χ4n) is 2.20. The highest BCUT2D eigenvalue weighted by molar-refractivity contribution is 6.30. The average molecular weight is 362 g/mol. The number of carbonyl (C=O) groups is 1. The summed E-state index contributed by atoms with van der Waals surface area (Å²) in [4.78, 5) is 16.2. The van der Waals surface area contributed by atoms with E-state index in [1.807, 2.05) is 37.3 Å². The van der Waals surface area contributed by atoms with Crippen molar-refractivity contribution in [2.45, 2.75) is 27.1 Å². The first-order valence-corrected chi connectivity index (χ1v) is 8.00. The molecule has 1 amide bonds. The van der Waals surface area contributed by atoms with Crippen LogP contribution in [0.25, 0.3) is 0 Å². The fraction of sp³-hybridized carbons (Fsp3) is 0.222. The van der Waals surface area contributed by atoms with Crippen LogP contribution in [0.1, 0.15) is 23.6 Å². The van der Waals surface area contributed by atoms with Gasteiger partial charge in [-0.3, -0.25) is 9.80 Å². The maximum absolute atomic E-state index is 10.9. The zero-order valence-corrected chi connectivity index (χ0v) is 14.9. The topological polar surface area (TPSA) is 77.1 Å². The minimum absolute atomic E-state index is 0.168. The van der Waals surface area contributed by atoms with Crippen molar-refractivity contribution in [2.24, 2.45) is 11.0 Å². The predicted octanol–water partition coefficient (Wildman–Crippen LogP) is 3.55. The molecule has 0 unspecified atom stereocenters. The summed E-state index contributed by atoms with van der Waals surface area (Å²) in [5.74, 6) is 6.04. The van der Waals surface area contributed by atoms with Crippen LogP contribution in [0.3, 0.4) is 0 Å². The summed E-state index contributed by atoms with van der Waals surface area (Å²) in [6.07, 6.45) is 0.543. The van der Waals surface area contributed by atoms with E-state index < -0.39 is 0 Å². The van der Waals surface area contributed by atoms with E-state index in [1.54, 1.807) is 19.1 Å². The molecule has 0 bridgehead atoms. The van der Waals surface area contributed by atoms with E-state index in [1.165, 1.54) is 0 Å². The molecule has 2 aromatic carbocycles. The Labute approximate surface area is 151 Å². The molecule has 0 aliphatic carbocycles. The van der Waals surface area contributed by atoms with Crippen LogP contribution in [0, 0.1) is 6.92 Å². The van der Waals surface area contributed by atoms with Crippen molar-refractivity contribution in [3.05, 3.63) is 64.2 Å². The standard InChI is InChI=1S/C18H20ClN3O3/c1-13-5-3-8-18(22(20)12-23)17(13)11-25-21-14(2)24-10-15-6-4-7-16(19)9-15/h3-9,12H,10-11,20H2,1-2H3. The Morgan fingerprint density at radius 1 is 1.28 bits per heavy atom. The fourth-order valence-corrected chi connectivity index (χ4v) is 2.41. The number of carbonyl (C=O) groups excluding carboxylic acids is 1. The Kier molecular flexibility index (Phi) is 6.80. The Morgan fingerprint density at radius 3 is 2.76 bits per heavy atom. The molecule has 2 N–H and O–H groups in total. The van der Waals surface area contributed by atoms with Crippen molar-refractivity contribution < 1.29 is 14.4 Å². The first-order valence-electron chi connectivity index (χ1n) is 7.62. The number of ether oxygens (including phenoxy) is 1. The van der Waals surface area contributed by atoms with E-state index >= 15 is 0 Å². The van der Waals surface area contributed by atoms with E-state index in [2.05, 4.69) is 5.16 Å². The van der Waals surface area contributed by atoms with Gasteiger partial charge in [-0.1, -0.05) is 41.0 Å². The molecule has 0 saturated heterocycles. The molecule has 0 heterocycles. The highest BCUT2D eigenvalue weighted by Gasteiger charge is 2.10. The van der Waals surface area contributed by atoms with Gasteiger partial charge >= 0.3 is 0 Å². The van der Waals surface area contributed by atoms with Crippen molar-refractivity contribution in [3.63, 3.8) is 0 Å². The molecule has 0 spiro atoms. The van der Waals surface area contributed by atoms with Crippen LogP contribution >= 0.6 is 11.6 Å². The second-order valence-corrected chi connectivity index (χ2v) is 5.82. The molecular formula is C18H20ClN3O3. The molecule has 0 saturated carbocycles. The molecular weight excluding hydrogens is 342 g/mol. The Balaban J connectivity index is 1.95. The van der Waals surface area contributed by atoms with Gasteiger partial charge in [0.1, 0.15) is 13.2 Å². The third-order valence-electron chi connectivity index (χ3n) is 3.52. The number of aryl methyl sites for hydroxylation is 1. The molecule has 0 atom stereocenters. The molecule has 6 nitrogen and oxygen atoms in total. The Bertz CT molecular complexity index is 765. The summed E-state index contributed by atoms with van der Waals surface area (Å²) in [7, 11) is 0. The minimum Gasteiger partial charge on any atom is -0.474 e. The lowest BCUT2D eigenvalue weighted by Crippen LogP contribution is -2.30. The van der Waals surface area contributed by atoms with Crippen LogP contribution < -0.4 is 10.9 Å². The number of nitrogens with two attached hydrogens (primary N) is 1. The number of amides is 1. The van der Waals surface area contributed by atoms with Crippen LogP contribution in [0.5, 0.6) is 0 Å². The minimum atomic E-state index is 0.168. The molecule has 0 aliphatic heterocycles. The molecule has 132 valence electrons. The molecule has 0 fully saturated rings. The number of anilines is 1. The molecule has 7 heteroatoms. The lowest BCUT2D eigenvalue weighted by Gasteiger charge is -2.16. The number of hydrogen-bond donors (Lipinski definition) is 1. The molecule has 0 aliphatic rings. The SMILES string of the molecule is CC(=NOCc1c(C)cccc1N(N)C=O)OCc1cccc(Cl)c1. The van der Waals surface area contributed by atoms with Gasteiger partial charge in [-0.15, -0.1) is 0 Å². The summed E-state index contributed by atoms with van der Waals surface area (Å²) in [5.41, 5.74) is 3.24. The van der Waals surface area contributed by atoms with Gasteiger partial charge < -0.3 is 9.57 Å². The summed E-state index contributed by atoms with van der Waals surface area (Å²) < 4.78 is 5.53. The van der Waals surface area contributed by atoms with Crippen LogP contribution in [0.4, 0.5) is 5.69 Å². The summed E-state index contributed by atoms with van der Waals surface area (Å²) in [5, 5.41) is 5.60. The van der Waals surface area contributed by atoms with Gasteiger partial charge in [-0.2, -0.15) is 0 Å². The second kappa shape index (κ2) is 9.05. The van der Waals surface area contributed by atoms with Gasteiger partial charge in [-0.05, 0) is 36.2 Å². The second-order valence-electron chi connectivity index (χ2n) is 5.39.